The first-order valence-corrected chi connectivity index (χ1v) is 7.19. The fourth-order valence-electron chi connectivity index (χ4n) is 3.33. The molecule has 0 spiro atoms. The maximum Gasteiger partial charge on any atom is 0.177 e. The van der Waals surface area contributed by atoms with Crippen LogP contribution < -0.4 is 0 Å². The number of nitrogens with zero attached hydrogens (tertiary/aromatic N) is 1. The minimum absolute atomic E-state index is 0.537. The van der Waals surface area contributed by atoms with E-state index in [9.17, 15) is 0 Å². The second-order valence-electron chi connectivity index (χ2n) is 6.11. The Morgan fingerprint density at radius 1 is 1.24 bits per heavy atom. The molecule has 0 bridgehead atoms. The Morgan fingerprint density at radius 2 is 1.82 bits per heavy atom. The molecule has 2 unspecified atom stereocenters. The molecule has 96 valence electrons. The summed E-state index contributed by atoms with van der Waals surface area (Å²) in [7, 11) is 0. The number of aromatic nitrogens is 2. The SMILES string of the molecule is CC1CC(C)CC(n2c(C(C)C)c[nH]c2=S)C1. The molecule has 0 aliphatic heterocycles. The summed E-state index contributed by atoms with van der Waals surface area (Å²) < 4.78 is 3.28. The predicted octanol–water partition coefficient (Wildman–Crippen LogP) is 4.67. The Morgan fingerprint density at radius 3 is 2.35 bits per heavy atom. The fourth-order valence-corrected chi connectivity index (χ4v) is 3.64. The number of hydrogen-bond acceptors (Lipinski definition) is 1. The fraction of sp³-hybridized carbons (Fsp3) is 0.786. The minimum Gasteiger partial charge on any atom is -0.337 e. The van der Waals surface area contributed by atoms with Crippen LogP contribution in [-0.4, -0.2) is 9.55 Å². The van der Waals surface area contributed by atoms with Crippen molar-refractivity contribution in [2.45, 2.75) is 58.9 Å². The Balaban J connectivity index is 2.32. The van der Waals surface area contributed by atoms with E-state index in [1.54, 1.807) is 0 Å². The molecule has 1 aromatic rings. The first kappa shape index (κ1) is 12.9. The lowest BCUT2D eigenvalue weighted by Crippen LogP contribution is -2.24. The molecule has 1 saturated carbocycles. The number of hydrogen-bond donors (Lipinski definition) is 1. The maximum absolute atomic E-state index is 5.46. The molecule has 17 heavy (non-hydrogen) atoms. The molecule has 3 heteroatoms. The van der Waals surface area contributed by atoms with Crippen LogP contribution in [0.2, 0.25) is 0 Å². The molecular formula is C14H24N2S. The molecule has 1 heterocycles. The van der Waals surface area contributed by atoms with Gasteiger partial charge < -0.3 is 9.55 Å². The van der Waals surface area contributed by atoms with Crippen LogP contribution in [0.15, 0.2) is 6.20 Å². The summed E-state index contributed by atoms with van der Waals surface area (Å²) in [6.45, 7) is 9.22. The second-order valence-corrected chi connectivity index (χ2v) is 6.50. The lowest BCUT2D eigenvalue weighted by Gasteiger charge is -2.33. The van der Waals surface area contributed by atoms with Gasteiger partial charge in [-0.2, -0.15) is 0 Å². The Kier molecular flexibility index (Phi) is 3.76. The Bertz CT molecular complexity index is 420. The van der Waals surface area contributed by atoms with Crippen molar-refractivity contribution in [1.29, 1.82) is 0 Å². The highest BCUT2D eigenvalue weighted by Gasteiger charge is 2.27. The van der Waals surface area contributed by atoms with Gasteiger partial charge in [0.25, 0.3) is 0 Å². The van der Waals surface area contributed by atoms with Crippen LogP contribution in [0.1, 0.15) is 64.6 Å². The lowest BCUT2D eigenvalue weighted by atomic mass is 9.80. The normalized spacial score (nSPS) is 29.8. The van der Waals surface area contributed by atoms with Crippen molar-refractivity contribution >= 4 is 12.2 Å². The van der Waals surface area contributed by atoms with E-state index in [2.05, 4.69) is 43.4 Å². The van der Waals surface area contributed by atoms with E-state index < -0.39 is 0 Å². The Labute approximate surface area is 109 Å². The monoisotopic (exact) mass is 252 g/mol. The molecule has 1 aliphatic rings. The van der Waals surface area contributed by atoms with E-state index in [-0.39, 0.29) is 0 Å². The van der Waals surface area contributed by atoms with E-state index in [4.69, 9.17) is 12.2 Å². The summed E-state index contributed by atoms with van der Waals surface area (Å²) >= 11 is 5.46. The quantitative estimate of drug-likeness (QED) is 0.759. The largest absolute Gasteiger partial charge is 0.337 e. The average Bonchev–Trinajstić information content (AvgIpc) is 2.58. The van der Waals surface area contributed by atoms with Gasteiger partial charge in [-0.15, -0.1) is 0 Å². The molecule has 0 aromatic carbocycles. The van der Waals surface area contributed by atoms with Crippen LogP contribution in [0.3, 0.4) is 0 Å². The van der Waals surface area contributed by atoms with Crippen LogP contribution in [0, 0.1) is 16.6 Å². The zero-order valence-corrected chi connectivity index (χ0v) is 12.2. The number of aromatic amines is 1. The van der Waals surface area contributed by atoms with Gasteiger partial charge in [0, 0.05) is 17.9 Å². The van der Waals surface area contributed by atoms with Gasteiger partial charge in [0.1, 0.15) is 0 Å². The summed E-state index contributed by atoms with van der Waals surface area (Å²) in [5.41, 5.74) is 1.36. The van der Waals surface area contributed by atoms with Gasteiger partial charge in [-0.3, -0.25) is 0 Å². The van der Waals surface area contributed by atoms with Crippen molar-refractivity contribution in [3.63, 3.8) is 0 Å². The lowest BCUT2D eigenvalue weighted by molar-refractivity contribution is 0.216. The van der Waals surface area contributed by atoms with Gasteiger partial charge in [-0.25, -0.2) is 0 Å². The molecule has 0 radical (unpaired) electrons. The van der Waals surface area contributed by atoms with E-state index in [1.165, 1.54) is 25.0 Å². The summed E-state index contributed by atoms with van der Waals surface area (Å²) in [6.07, 6.45) is 6.01. The van der Waals surface area contributed by atoms with Crippen molar-refractivity contribution < 1.29 is 0 Å². The molecule has 1 aliphatic carbocycles. The smallest absolute Gasteiger partial charge is 0.177 e. The highest BCUT2D eigenvalue weighted by molar-refractivity contribution is 7.71. The van der Waals surface area contributed by atoms with Gasteiger partial charge in [0.2, 0.25) is 0 Å². The molecule has 1 aromatic heterocycles. The van der Waals surface area contributed by atoms with Crippen molar-refractivity contribution in [2.75, 3.05) is 0 Å². The first-order valence-electron chi connectivity index (χ1n) is 6.78. The summed E-state index contributed by atoms with van der Waals surface area (Å²) in [5.74, 6) is 2.18. The average molecular weight is 252 g/mol. The van der Waals surface area contributed by atoms with Gasteiger partial charge in [-0.1, -0.05) is 27.7 Å². The van der Waals surface area contributed by atoms with Gasteiger partial charge in [0.05, 0.1) is 0 Å². The maximum atomic E-state index is 5.46. The standard InChI is InChI=1S/C14H24N2S/c1-9(2)13-8-15-14(17)16(13)12-6-10(3)5-11(4)7-12/h8-12H,5-7H2,1-4H3,(H,15,17). The summed E-state index contributed by atoms with van der Waals surface area (Å²) in [6, 6.07) is 0.602. The summed E-state index contributed by atoms with van der Waals surface area (Å²) in [5, 5.41) is 0. The van der Waals surface area contributed by atoms with Gasteiger partial charge in [0.15, 0.2) is 4.77 Å². The van der Waals surface area contributed by atoms with Crippen molar-refractivity contribution in [3.05, 3.63) is 16.7 Å². The van der Waals surface area contributed by atoms with E-state index in [0.29, 0.717) is 12.0 Å². The second kappa shape index (κ2) is 4.97. The number of H-pyrrole nitrogens is 1. The molecule has 1 fully saturated rings. The van der Waals surface area contributed by atoms with Crippen LogP contribution >= 0.6 is 12.2 Å². The van der Waals surface area contributed by atoms with Crippen LogP contribution in [0.5, 0.6) is 0 Å². The number of imidazole rings is 1. The van der Waals surface area contributed by atoms with Crippen LogP contribution in [-0.2, 0) is 0 Å². The number of rotatable bonds is 2. The molecule has 0 saturated heterocycles. The van der Waals surface area contributed by atoms with Crippen LogP contribution in [0.25, 0.3) is 0 Å². The van der Waals surface area contributed by atoms with Crippen molar-refractivity contribution in [1.82, 2.24) is 9.55 Å². The third-order valence-corrected chi connectivity index (χ3v) is 4.27. The third-order valence-electron chi connectivity index (χ3n) is 3.95. The molecule has 1 N–H and O–H groups in total. The molecule has 0 amide bonds. The highest BCUT2D eigenvalue weighted by atomic mass is 32.1. The van der Waals surface area contributed by atoms with Crippen molar-refractivity contribution in [3.8, 4) is 0 Å². The topological polar surface area (TPSA) is 20.7 Å². The predicted molar refractivity (Wildman–Crippen MR) is 74.9 cm³/mol. The van der Waals surface area contributed by atoms with E-state index >= 15 is 0 Å². The van der Waals surface area contributed by atoms with Crippen molar-refractivity contribution in [2.24, 2.45) is 11.8 Å². The minimum atomic E-state index is 0.537. The van der Waals surface area contributed by atoms with E-state index in [1.807, 2.05) is 0 Å². The molecule has 2 nitrogen and oxygen atoms in total. The zero-order valence-electron chi connectivity index (χ0n) is 11.4. The van der Waals surface area contributed by atoms with E-state index in [0.717, 1.165) is 16.6 Å². The third kappa shape index (κ3) is 2.65. The molecular weight excluding hydrogens is 228 g/mol. The van der Waals surface area contributed by atoms with Crippen LogP contribution in [0.4, 0.5) is 0 Å². The van der Waals surface area contributed by atoms with Gasteiger partial charge >= 0.3 is 0 Å². The Hall–Kier alpha value is -0.570. The first-order chi connectivity index (χ1) is 7.99. The molecule has 2 rings (SSSR count). The zero-order chi connectivity index (χ0) is 12.6. The summed E-state index contributed by atoms with van der Waals surface area (Å²) in [4.78, 5) is 3.22. The highest BCUT2D eigenvalue weighted by Crippen LogP contribution is 2.37. The molecule has 2 atom stereocenters. The van der Waals surface area contributed by atoms with Gasteiger partial charge in [-0.05, 0) is 49.2 Å². The number of nitrogens with one attached hydrogen (secondary N) is 1.